The molecule has 0 heterocycles. The van der Waals surface area contributed by atoms with Crippen LogP contribution in [0.2, 0.25) is 0 Å². The molecule has 3 rings (SSSR count). The highest BCUT2D eigenvalue weighted by Gasteiger charge is 2.30. The minimum atomic E-state index is -0.172. The Morgan fingerprint density at radius 2 is 1.08 bits per heavy atom. The molecule has 26 heavy (non-hydrogen) atoms. The van der Waals surface area contributed by atoms with Crippen LogP contribution in [0.1, 0.15) is 45.7 Å². The van der Waals surface area contributed by atoms with Gasteiger partial charge in [-0.1, -0.05) is 0 Å². The number of ketones is 2. The summed E-state index contributed by atoms with van der Waals surface area (Å²) in [5, 5.41) is 5.87. The topological polar surface area (TPSA) is 82.9 Å². The molecule has 0 fully saturated rings. The number of benzene rings is 2. The first-order chi connectivity index (χ1) is 12.4. The van der Waals surface area contributed by atoms with Crippen molar-refractivity contribution in [3.63, 3.8) is 0 Å². The molecule has 1 aliphatic carbocycles. The third-order valence-electron chi connectivity index (χ3n) is 4.30. The summed E-state index contributed by atoms with van der Waals surface area (Å²) in [7, 11) is 3.55. The van der Waals surface area contributed by atoms with Crippen LogP contribution in [-0.2, 0) is 0 Å². The quantitative estimate of drug-likeness (QED) is 0.551. The van der Waals surface area contributed by atoms with Crippen molar-refractivity contribution in [3.05, 3.63) is 58.7 Å². The lowest BCUT2D eigenvalue weighted by atomic mass is 9.83. The van der Waals surface area contributed by atoms with E-state index in [1.54, 1.807) is 50.5 Å². The summed E-state index contributed by atoms with van der Waals surface area (Å²) in [5.41, 5.74) is 2.83. The standard InChI is InChI=1S/C20H20N4O2/c1-11(21-3)23-13-5-7-15-17(9-13)19(25)16-8-6-14(24-12(2)22-4)10-18(16)20(15)26/h5-10H,1-4H3,(H,21,23)(H,22,24). The molecular weight excluding hydrogens is 328 g/mol. The zero-order chi connectivity index (χ0) is 18.8. The van der Waals surface area contributed by atoms with E-state index in [-0.39, 0.29) is 11.6 Å². The average Bonchev–Trinajstić information content (AvgIpc) is 2.65. The first kappa shape index (κ1) is 17.5. The fourth-order valence-electron chi connectivity index (χ4n) is 2.76. The van der Waals surface area contributed by atoms with E-state index in [4.69, 9.17) is 0 Å². The SMILES string of the molecule is CNC(C)=Nc1ccc2c(c1)C(=O)c1ccc(N=C(C)NC)cc1C2=O. The number of aliphatic imine (C=N–C) groups is 2. The van der Waals surface area contributed by atoms with E-state index in [0.717, 1.165) is 11.7 Å². The highest BCUT2D eigenvalue weighted by Crippen LogP contribution is 2.32. The molecule has 0 unspecified atom stereocenters. The van der Waals surface area contributed by atoms with Crippen LogP contribution < -0.4 is 10.6 Å². The van der Waals surface area contributed by atoms with E-state index < -0.39 is 0 Å². The van der Waals surface area contributed by atoms with Gasteiger partial charge in [-0.25, -0.2) is 9.98 Å². The van der Waals surface area contributed by atoms with Gasteiger partial charge in [-0.05, 0) is 50.2 Å². The number of nitrogens with one attached hydrogen (secondary N) is 2. The Balaban J connectivity index is 2.08. The minimum Gasteiger partial charge on any atom is -0.377 e. The summed E-state index contributed by atoms with van der Waals surface area (Å²) in [6, 6.07) is 10.1. The van der Waals surface area contributed by atoms with Crippen molar-refractivity contribution >= 4 is 34.6 Å². The van der Waals surface area contributed by atoms with Gasteiger partial charge in [0.25, 0.3) is 0 Å². The molecule has 1 aliphatic rings. The molecule has 0 aromatic heterocycles. The number of hydrogen-bond acceptors (Lipinski definition) is 4. The number of nitrogens with zero attached hydrogens (tertiary/aromatic N) is 2. The molecule has 0 amide bonds. The van der Waals surface area contributed by atoms with Gasteiger partial charge in [-0.2, -0.15) is 0 Å². The van der Waals surface area contributed by atoms with Crippen molar-refractivity contribution in [3.8, 4) is 0 Å². The lowest BCUT2D eigenvalue weighted by Gasteiger charge is -2.18. The summed E-state index contributed by atoms with van der Waals surface area (Å²) in [5.74, 6) is 1.11. The van der Waals surface area contributed by atoms with Crippen molar-refractivity contribution in [2.45, 2.75) is 13.8 Å². The summed E-state index contributed by atoms with van der Waals surface area (Å²) in [6.45, 7) is 3.66. The summed E-state index contributed by atoms with van der Waals surface area (Å²) >= 11 is 0. The van der Waals surface area contributed by atoms with E-state index in [0.29, 0.717) is 33.6 Å². The average molecular weight is 348 g/mol. The molecular formula is C20H20N4O2. The highest BCUT2D eigenvalue weighted by molar-refractivity contribution is 6.28. The predicted molar refractivity (Wildman–Crippen MR) is 103 cm³/mol. The zero-order valence-electron chi connectivity index (χ0n) is 15.2. The number of rotatable bonds is 2. The monoisotopic (exact) mass is 348 g/mol. The molecule has 0 atom stereocenters. The van der Waals surface area contributed by atoms with Crippen LogP contribution in [0.4, 0.5) is 11.4 Å². The van der Waals surface area contributed by atoms with Crippen molar-refractivity contribution in [2.75, 3.05) is 14.1 Å². The zero-order valence-corrected chi connectivity index (χ0v) is 15.2. The Labute approximate surface area is 152 Å². The van der Waals surface area contributed by atoms with Gasteiger partial charge in [-0.15, -0.1) is 0 Å². The number of hydrogen-bond donors (Lipinski definition) is 2. The van der Waals surface area contributed by atoms with Crippen LogP contribution in [0.25, 0.3) is 0 Å². The Morgan fingerprint density at radius 1 is 0.692 bits per heavy atom. The first-order valence-electron chi connectivity index (χ1n) is 8.28. The van der Waals surface area contributed by atoms with Gasteiger partial charge >= 0.3 is 0 Å². The largest absolute Gasteiger partial charge is 0.377 e. The fourth-order valence-corrected chi connectivity index (χ4v) is 2.76. The second kappa shape index (κ2) is 6.92. The van der Waals surface area contributed by atoms with Gasteiger partial charge in [0.05, 0.1) is 23.0 Å². The number of carbonyl (C=O) groups is 2. The Hall–Kier alpha value is -3.28. The van der Waals surface area contributed by atoms with Crippen LogP contribution >= 0.6 is 0 Å². The predicted octanol–water partition coefficient (Wildman–Crippen LogP) is 3.00. The number of carbonyl (C=O) groups excluding carboxylic acids is 2. The van der Waals surface area contributed by atoms with Gasteiger partial charge < -0.3 is 10.6 Å². The van der Waals surface area contributed by atoms with Crippen LogP contribution in [-0.4, -0.2) is 37.3 Å². The molecule has 2 aromatic carbocycles. The molecule has 0 radical (unpaired) electrons. The molecule has 0 saturated carbocycles. The van der Waals surface area contributed by atoms with Crippen LogP contribution in [0.3, 0.4) is 0 Å². The van der Waals surface area contributed by atoms with E-state index in [1.807, 2.05) is 13.8 Å². The Bertz CT molecular complexity index is 894. The van der Waals surface area contributed by atoms with Crippen molar-refractivity contribution in [2.24, 2.45) is 9.98 Å². The first-order valence-corrected chi connectivity index (χ1v) is 8.28. The lowest BCUT2D eigenvalue weighted by Crippen LogP contribution is -2.21. The molecule has 0 saturated heterocycles. The van der Waals surface area contributed by atoms with E-state index in [1.165, 1.54) is 0 Å². The van der Waals surface area contributed by atoms with E-state index >= 15 is 0 Å². The molecule has 0 bridgehead atoms. The smallest absolute Gasteiger partial charge is 0.194 e. The van der Waals surface area contributed by atoms with Crippen molar-refractivity contribution in [1.29, 1.82) is 0 Å². The van der Waals surface area contributed by atoms with Gasteiger partial charge in [0.15, 0.2) is 11.6 Å². The maximum absolute atomic E-state index is 12.9. The summed E-state index contributed by atoms with van der Waals surface area (Å²) < 4.78 is 0. The van der Waals surface area contributed by atoms with Gasteiger partial charge in [0, 0.05) is 36.3 Å². The maximum atomic E-state index is 12.9. The molecule has 2 aromatic rings. The maximum Gasteiger partial charge on any atom is 0.194 e. The molecule has 6 heteroatoms. The van der Waals surface area contributed by atoms with E-state index in [9.17, 15) is 9.59 Å². The summed E-state index contributed by atoms with van der Waals surface area (Å²) in [6.07, 6.45) is 0. The van der Waals surface area contributed by atoms with Gasteiger partial charge in [0.1, 0.15) is 0 Å². The number of fused-ring (bicyclic) bond motifs is 2. The minimum absolute atomic E-state index is 0.172. The van der Waals surface area contributed by atoms with Crippen LogP contribution in [0.5, 0.6) is 0 Å². The summed E-state index contributed by atoms with van der Waals surface area (Å²) in [4.78, 5) is 34.5. The van der Waals surface area contributed by atoms with Gasteiger partial charge in [0.2, 0.25) is 0 Å². The number of amidine groups is 2. The van der Waals surface area contributed by atoms with Gasteiger partial charge in [-0.3, -0.25) is 9.59 Å². The fraction of sp³-hybridized carbons (Fsp3) is 0.200. The molecule has 0 spiro atoms. The Kier molecular flexibility index (Phi) is 4.67. The van der Waals surface area contributed by atoms with Crippen LogP contribution in [0.15, 0.2) is 46.4 Å². The van der Waals surface area contributed by atoms with E-state index in [2.05, 4.69) is 20.6 Å². The van der Waals surface area contributed by atoms with Crippen molar-refractivity contribution in [1.82, 2.24) is 10.6 Å². The molecule has 132 valence electrons. The second-order valence-electron chi connectivity index (χ2n) is 6.01. The third kappa shape index (κ3) is 3.13. The highest BCUT2D eigenvalue weighted by atomic mass is 16.1. The molecule has 0 aliphatic heterocycles. The molecule has 2 N–H and O–H groups in total. The van der Waals surface area contributed by atoms with Crippen molar-refractivity contribution < 1.29 is 9.59 Å². The lowest BCUT2D eigenvalue weighted by molar-refractivity contribution is 0.0979. The van der Waals surface area contributed by atoms with Crippen LogP contribution in [0, 0.1) is 0 Å². The second-order valence-corrected chi connectivity index (χ2v) is 6.01. The normalized spacial score (nSPS) is 14.0. The third-order valence-corrected chi connectivity index (χ3v) is 4.30. The Morgan fingerprint density at radius 3 is 1.42 bits per heavy atom. The molecule has 6 nitrogen and oxygen atoms in total.